The molecule has 2 nitrogen and oxygen atoms in total. The van der Waals surface area contributed by atoms with Gasteiger partial charge in [-0.1, -0.05) is 0 Å². The van der Waals surface area contributed by atoms with Crippen LogP contribution in [0.2, 0.25) is 0 Å². The van der Waals surface area contributed by atoms with Gasteiger partial charge in [0.05, 0.1) is 0 Å². The van der Waals surface area contributed by atoms with Crippen molar-refractivity contribution in [1.82, 2.24) is 0 Å². The Bertz CT molecular complexity index is 1390. The Morgan fingerprint density at radius 3 is 1.50 bits per heavy atom. The van der Waals surface area contributed by atoms with Gasteiger partial charge in [-0.3, -0.25) is 0 Å². The van der Waals surface area contributed by atoms with Gasteiger partial charge in [0, 0.05) is 0 Å². The zero-order valence-corrected chi connectivity index (χ0v) is 18.8. The van der Waals surface area contributed by atoms with Gasteiger partial charge < -0.3 is 0 Å². The molecule has 1 aliphatic rings. The van der Waals surface area contributed by atoms with Crippen LogP contribution in [-0.4, -0.2) is 15.1 Å². The first kappa shape index (κ1) is 18.0. The molecule has 2 N–H and O–H groups in total. The number of anilines is 2. The molecule has 0 spiro atoms. The minimum atomic E-state index is -2.00. The Balaban J connectivity index is 1.76. The molecule has 0 saturated heterocycles. The van der Waals surface area contributed by atoms with E-state index in [2.05, 4.69) is 128 Å². The molecule has 0 atom stereocenters. The third-order valence-corrected chi connectivity index (χ3v) is 10.4. The summed E-state index contributed by atoms with van der Waals surface area (Å²) in [5, 5.41) is 14.1. The summed E-state index contributed by atoms with van der Waals surface area (Å²) >= 11 is 3.52. The zero-order valence-electron chi connectivity index (χ0n) is 16.2. The van der Waals surface area contributed by atoms with Gasteiger partial charge in [-0.15, -0.1) is 0 Å². The van der Waals surface area contributed by atoms with Gasteiger partial charge in [-0.05, 0) is 0 Å². The summed E-state index contributed by atoms with van der Waals surface area (Å²) in [6, 6.07) is 36.9. The number of fused-ring (bicyclic) bond motifs is 7. The summed E-state index contributed by atoms with van der Waals surface area (Å²) in [5.74, 6) is -2.00. The summed E-state index contributed by atoms with van der Waals surface area (Å²) in [6.07, 6.45) is 0. The molecule has 1 aliphatic heterocycles. The standard InChI is InChI=1S/C26H19N2PSe/c30-29(20-10-2-1-3-11-20)27-23-16-14-18-8-4-6-12-21(18)25(23)26-22-13-7-5-9-19(22)15-17-24(26)28-29/h1-17H,(H2,27,28,30). The molecular weight excluding hydrogens is 450 g/mol. The van der Waals surface area contributed by atoms with Crippen molar-refractivity contribution in [2.75, 3.05) is 10.2 Å². The molecule has 0 unspecified atom stereocenters. The third kappa shape index (κ3) is 2.75. The normalized spacial score (nSPS) is 14.3. The van der Waals surface area contributed by atoms with Gasteiger partial charge in [0.1, 0.15) is 0 Å². The number of benzene rings is 5. The number of hydrogen-bond donors (Lipinski definition) is 2. The van der Waals surface area contributed by atoms with E-state index in [1.165, 1.54) is 38.0 Å². The van der Waals surface area contributed by atoms with Gasteiger partial charge in [0.15, 0.2) is 0 Å². The Labute approximate surface area is 183 Å². The fourth-order valence-corrected chi connectivity index (χ4v) is 8.36. The molecule has 5 aromatic carbocycles. The van der Waals surface area contributed by atoms with Crippen molar-refractivity contribution < 1.29 is 0 Å². The first-order chi connectivity index (χ1) is 14.7. The average molecular weight is 469 g/mol. The second-order valence-corrected chi connectivity index (χ2v) is 13.2. The van der Waals surface area contributed by atoms with Crippen LogP contribution < -0.4 is 15.5 Å². The van der Waals surface area contributed by atoms with Gasteiger partial charge in [-0.2, -0.15) is 0 Å². The fraction of sp³-hybridized carbons (Fsp3) is 0. The van der Waals surface area contributed by atoms with Crippen molar-refractivity contribution >= 4 is 59.1 Å². The molecule has 0 saturated carbocycles. The van der Waals surface area contributed by atoms with Crippen molar-refractivity contribution in [3.63, 3.8) is 0 Å². The molecule has 5 aromatic rings. The zero-order chi connectivity index (χ0) is 20.1. The van der Waals surface area contributed by atoms with E-state index in [1.807, 2.05) is 0 Å². The molecule has 0 fully saturated rings. The molecule has 144 valence electrons. The minimum absolute atomic E-state index is 1.16. The fourth-order valence-electron chi connectivity index (χ4n) is 4.40. The first-order valence-corrected chi connectivity index (χ1v) is 14.0. The molecule has 0 aromatic heterocycles. The molecule has 0 radical (unpaired) electrons. The van der Waals surface area contributed by atoms with Crippen LogP contribution in [0.4, 0.5) is 11.4 Å². The molecule has 4 heteroatoms. The topological polar surface area (TPSA) is 24.1 Å². The van der Waals surface area contributed by atoms with Gasteiger partial charge >= 0.3 is 184 Å². The quantitative estimate of drug-likeness (QED) is 0.210. The Morgan fingerprint density at radius 1 is 0.500 bits per heavy atom. The maximum atomic E-state index is 3.90. The van der Waals surface area contributed by atoms with E-state index in [4.69, 9.17) is 0 Å². The van der Waals surface area contributed by atoms with E-state index >= 15 is 0 Å². The SMILES string of the molecule is [Se]=P1(c2ccccc2)Nc2ccc3ccccc3c2-c2c(ccc3ccccc23)N1. The summed E-state index contributed by atoms with van der Waals surface area (Å²) in [7, 11) is 0. The number of hydrogen-bond acceptors (Lipinski definition) is 2. The van der Waals surface area contributed by atoms with E-state index in [0.717, 1.165) is 11.4 Å². The van der Waals surface area contributed by atoms with Gasteiger partial charge in [-0.25, -0.2) is 0 Å². The third-order valence-electron chi connectivity index (χ3n) is 5.78. The molecule has 0 amide bonds. The molecule has 0 bridgehead atoms. The van der Waals surface area contributed by atoms with Crippen LogP contribution in [0.3, 0.4) is 0 Å². The van der Waals surface area contributed by atoms with Gasteiger partial charge in [0.25, 0.3) is 0 Å². The Hall–Kier alpha value is -2.83. The van der Waals surface area contributed by atoms with E-state index in [-0.39, 0.29) is 0 Å². The van der Waals surface area contributed by atoms with Crippen LogP contribution in [0, 0.1) is 0 Å². The van der Waals surface area contributed by atoms with E-state index < -0.39 is 5.81 Å². The van der Waals surface area contributed by atoms with Crippen LogP contribution >= 0.6 is 5.81 Å². The summed E-state index contributed by atoms with van der Waals surface area (Å²) in [4.78, 5) is 0. The van der Waals surface area contributed by atoms with Crippen LogP contribution in [0.15, 0.2) is 103 Å². The second-order valence-electron chi connectivity index (χ2n) is 7.59. The van der Waals surface area contributed by atoms with Crippen LogP contribution in [0.5, 0.6) is 0 Å². The van der Waals surface area contributed by atoms with Crippen LogP contribution in [-0.2, 0) is 0 Å². The molecule has 30 heavy (non-hydrogen) atoms. The molecule has 0 aliphatic carbocycles. The summed E-state index contributed by atoms with van der Waals surface area (Å²) < 4.78 is 0. The second kappa shape index (κ2) is 6.86. The maximum absolute atomic E-state index is 3.90. The number of nitrogens with one attached hydrogen (secondary N) is 2. The van der Waals surface area contributed by atoms with Crippen LogP contribution in [0.25, 0.3) is 32.7 Å². The Morgan fingerprint density at radius 2 is 0.967 bits per heavy atom. The van der Waals surface area contributed by atoms with E-state index in [1.54, 1.807) is 0 Å². The van der Waals surface area contributed by atoms with Gasteiger partial charge in [0.2, 0.25) is 0 Å². The number of rotatable bonds is 1. The van der Waals surface area contributed by atoms with E-state index in [0.29, 0.717) is 0 Å². The predicted octanol–water partition coefficient (Wildman–Crippen LogP) is 6.75. The Kier molecular flexibility index (Phi) is 4.11. The average Bonchev–Trinajstić information content (AvgIpc) is 2.94. The van der Waals surface area contributed by atoms with E-state index in [9.17, 15) is 0 Å². The van der Waals surface area contributed by atoms with Crippen molar-refractivity contribution in [2.45, 2.75) is 0 Å². The van der Waals surface area contributed by atoms with Crippen molar-refractivity contribution in [1.29, 1.82) is 0 Å². The monoisotopic (exact) mass is 470 g/mol. The molecular formula is C26H19N2PSe. The molecule has 1 heterocycles. The van der Waals surface area contributed by atoms with Crippen LogP contribution in [0.1, 0.15) is 0 Å². The van der Waals surface area contributed by atoms with Crippen molar-refractivity contribution in [2.24, 2.45) is 0 Å². The molecule has 6 rings (SSSR count). The van der Waals surface area contributed by atoms with Crippen molar-refractivity contribution in [3.05, 3.63) is 103 Å². The first-order valence-electron chi connectivity index (χ1n) is 9.99. The summed E-state index contributed by atoms with van der Waals surface area (Å²) in [6.45, 7) is 0. The predicted molar refractivity (Wildman–Crippen MR) is 133 cm³/mol. The summed E-state index contributed by atoms with van der Waals surface area (Å²) in [5.41, 5.74) is 4.85. The van der Waals surface area contributed by atoms with Crippen molar-refractivity contribution in [3.8, 4) is 11.1 Å².